The SMILES string of the molecule is OCn1ccc2c(-c3cnn(Cc4ccc5ccccc5c4)c3)ccnc21. The van der Waals surface area contributed by atoms with Gasteiger partial charge in [0.1, 0.15) is 12.4 Å². The van der Waals surface area contributed by atoms with Gasteiger partial charge in [-0.2, -0.15) is 5.10 Å². The van der Waals surface area contributed by atoms with Gasteiger partial charge in [-0.1, -0.05) is 36.4 Å². The molecule has 0 radical (unpaired) electrons. The number of aliphatic hydroxyl groups is 1. The second kappa shape index (κ2) is 6.37. The molecule has 0 spiro atoms. The van der Waals surface area contributed by atoms with Crippen LogP contribution in [0.1, 0.15) is 5.56 Å². The van der Waals surface area contributed by atoms with E-state index in [0.29, 0.717) is 0 Å². The van der Waals surface area contributed by atoms with E-state index in [2.05, 4.69) is 58.7 Å². The van der Waals surface area contributed by atoms with Crippen molar-refractivity contribution < 1.29 is 5.11 Å². The minimum atomic E-state index is -0.0822. The van der Waals surface area contributed by atoms with Crippen LogP contribution in [-0.4, -0.2) is 24.4 Å². The smallest absolute Gasteiger partial charge is 0.142 e. The van der Waals surface area contributed by atoms with Gasteiger partial charge >= 0.3 is 0 Å². The number of pyridine rings is 1. The zero-order valence-electron chi connectivity index (χ0n) is 14.7. The monoisotopic (exact) mass is 354 g/mol. The normalized spacial score (nSPS) is 11.4. The maximum absolute atomic E-state index is 9.44. The standard InChI is InChI=1S/C22H18N4O/c27-15-25-10-8-21-20(7-9-23-22(21)25)19-12-24-26(14-19)13-16-5-6-17-3-1-2-4-18(17)11-16/h1-12,14,27H,13,15H2. The summed E-state index contributed by atoms with van der Waals surface area (Å²) in [7, 11) is 0. The molecule has 2 aromatic carbocycles. The molecule has 27 heavy (non-hydrogen) atoms. The molecule has 0 aliphatic rings. The molecular formula is C22H18N4O. The van der Waals surface area contributed by atoms with E-state index < -0.39 is 0 Å². The van der Waals surface area contributed by atoms with Crippen molar-refractivity contribution in [3.63, 3.8) is 0 Å². The van der Waals surface area contributed by atoms with Crippen LogP contribution in [0.3, 0.4) is 0 Å². The second-order valence-corrected chi connectivity index (χ2v) is 6.63. The van der Waals surface area contributed by atoms with Crippen LogP contribution < -0.4 is 0 Å². The molecule has 5 heteroatoms. The van der Waals surface area contributed by atoms with E-state index in [4.69, 9.17) is 0 Å². The summed E-state index contributed by atoms with van der Waals surface area (Å²) in [6, 6.07) is 18.9. The number of aliphatic hydroxyl groups excluding tert-OH is 1. The predicted molar refractivity (Wildman–Crippen MR) is 106 cm³/mol. The van der Waals surface area contributed by atoms with Crippen LogP contribution in [0.4, 0.5) is 0 Å². The lowest BCUT2D eigenvalue weighted by atomic mass is 10.1. The number of fused-ring (bicyclic) bond motifs is 2. The number of aromatic nitrogens is 4. The lowest BCUT2D eigenvalue weighted by Gasteiger charge is -2.05. The molecule has 0 aliphatic carbocycles. The molecule has 0 amide bonds. The van der Waals surface area contributed by atoms with Gasteiger partial charge in [-0.25, -0.2) is 4.98 Å². The van der Waals surface area contributed by atoms with Crippen molar-refractivity contribution in [1.29, 1.82) is 0 Å². The highest BCUT2D eigenvalue weighted by Crippen LogP contribution is 2.28. The topological polar surface area (TPSA) is 55.9 Å². The number of hydrogen-bond donors (Lipinski definition) is 1. The molecule has 0 bridgehead atoms. The molecule has 0 unspecified atom stereocenters. The van der Waals surface area contributed by atoms with E-state index in [1.165, 1.54) is 16.3 Å². The first-order valence-corrected chi connectivity index (χ1v) is 8.87. The quantitative estimate of drug-likeness (QED) is 0.530. The van der Waals surface area contributed by atoms with Gasteiger partial charge in [0.05, 0.1) is 12.7 Å². The molecule has 5 aromatic rings. The third-order valence-corrected chi connectivity index (χ3v) is 4.92. The highest BCUT2D eigenvalue weighted by atomic mass is 16.3. The molecule has 5 rings (SSSR count). The number of nitrogens with zero attached hydrogens (tertiary/aromatic N) is 4. The number of hydrogen-bond acceptors (Lipinski definition) is 3. The Morgan fingerprint density at radius 1 is 0.963 bits per heavy atom. The van der Waals surface area contributed by atoms with Gasteiger partial charge in [-0.05, 0) is 40.1 Å². The van der Waals surface area contributed by atoms with Crippen LogP contribution in [0.25, 0.3) is 32.9 Å². The Bertz CT molecular complexity index is 1250. The van der Waals surface area contributed by atoms with Gasteiger partial charge in [0.25, 0.3) is 0 Å². The zero-order chi connectivity index (χ0) is 18.2. The van der Waals surface area contributed by atoms with Gasteiger partial charge in [0.15, 0.2) is 0 Å². The summed E-state index contributed by atoms with van der Waals surface area (Å²) in [6.45, 7) is 0.637. The van der Waals surface area contributed by atoms with Gasteiger partial charge in [0.2, 0.25) is 0 Å². The van der Waals surface area contributed by atoms with Gasteiger partial charge in [0, 0.05) is 29.5 Å². The third-order valence-electron chi connectivity index (χ3n) is 4.92. The van der Waals surface area contributed by atoms with Crippen molar-refractivity contribution in [1.82, 2.24) is 19.3 Å². The van der Waals surface area contributed by atoms with Crippen LogP contribution in [0.5, 0.6) is 0 Å². The van der Waals surface area contributed by atoms with Crippen LogP contribution in [-0.2, 0) is 13.3 Å². The fourth-order valence-electron chi connectivity index (χ4n) is 3.57. The average molecular weight is 354 g/mol. The summed E-state index contributed by atoms with van der Waals surface area (Å²) in [6.07, 6.45) is 7.55. The first-order valence-electron chi connectivity index (χ1n) is 8.87. The Balaban J connectivity index is 1.48. The van der Waals surface area contributed by atoms with E-state index >= 15 is 0 Å². The van der Waals surface area contributed by atoms with E-state index in [-0.39, 0.29) is 6.73 Å². The largest absolute Gasteiger partial charge is 0.376 e. The maximum Gasteiger partial charge on any atom is 0.142 e. The van der Waals surface area contributed by atoms with Crippen LogP contribution >= 0.6 is 0 Å². The van der Waals surface area contributed by atoms with Crippen molar-refractivity contribution in [3.8, 4) is 11.1 Å². The third kappa shape index (κ3) is 2.78. The Morgan fingerprint density at radius 2 is 1.85 bits per heavy atom. The minimum Gasteiger partial charge on any atom is -0.376 e. The minimum absolute atomic E-state index is 0.0822. The van der Waals surface area contributed by atoms with Crippen molar-refractivity contribution in [2.75, 3.05) is 0 Å². The molecule has 1 N–H and O–H groups in total. The number of rotatable bonds is 4. The number of benzene rings is 2. The fourth-order valence-corrected chi connectivity index (χ4v) is 3.57. The van der Waals surface area contributed by atoms with Crippen molar-refractivity contribution >= 4 is 21.8 Å². The Hall–Kier alpha value is -3.44. The van der Waals surface area contributed by atoms with Gasteiger partial charge in [-0.3, -0.25) is 4.68 Å². The van der Waals surface area contributed by atoms with E-state index in [1.807, 2.05) is 29.2 Å². The molecule has 3 aromatic heterocycles. The first-order chi connectivity index (χ1) is 13.3. The predicted octanol–water partition coefficient (Wildman–Crippen LogP) is 4.05. The highest BCUT2D eigenvalue weighted by Gasteiger charge is 2.10. The van der Waals surface area contributed by atoms with E-state index in [9.17, 15) is 5.11 Å². The van der Waals surface area contributed by atoms with E-state index in [0.717, 1.165) is 28.7 Å². The second-order valence-electron chi connectivity index (χ2n) is 6.63. The summed E-state index contributed by atoms with van der Waals surface area (Å²) in [5.74, 6) is 0. The highest BCUT2D eigenvalue weighted by molar-refractivity contribution is 5.92. The molecule has 0 atom stereocenters. The lowest BCUT2D eigenvalue weighted by molar-refractivity contribution is 0.215. The lowest BCUT2D eigenvalue weighted by Crippen LogP contribution is -1.99. The molecular weight excluding hydrogens is 336 g/mol. The summed E-state index contributed by atoms with van der Waals surface area (Å²) in [5.41, 5.74) is 4.10. The van der Waals surface area contributed by atoms with Gasteiger partial charge < -0.3 is 9.67 Å². The molecule has 5 nitrogen and oxygen atoms in total. The molecule has 0 fully saturated rings. The van der Waals surface area contributed by atoms with Crippen LogP contribution in [0.15, 0.2) is 79.4 Å². The molecule has 3 heterocycles. The zero-order valence-corrected chi connectivity index (χ0v) is 14.7. The summed E-state index contributed by atoms with van der Waals surface area (Å²) >= 11 is 0. The van der Waals surface area contributed by atoms with Crippen molar-refractivity contribution in [2.24, 2.45) is 0 Å². The molecule has 132 valence electrons. The molecule has 0 saturated carbocycles. The maximum atomic E-state index is 9.44. The molecule has 0 saturated heterocycles. The first kappa shape index (κ1) is 15.8. The average Bonchev–Trinajstić information content (AvgIpc) is 3.34. The van der Waals surface area contributed by atoms with Crippen molar-refractivity contribution in [3.05, 3.63) is 84.9 Å². The van der Waals surface area contributed by atoms with E-state index in [1.54, 1.807) is 10.8 Å². The fraction of sp³-hybridized carbons (Fsp3) is 0.0909. The Morgan fingerprint density at radius 3 is 2.74 bits per heavy atom. The van der Waals surface area contributed by atoms with Crippen molar-refractivity contribution in [2.45, 2.75) is 13.3 Å². The van der Waals surface area contributed by atoms with Crippen LogP contribution in [0.2, 0.25) is 0 Å². The summed E-state index contributed by atoms with van der Waals surface area (Å²) in [4.78, 5) is 4.38. The Kier molecular flexibility index (Phi) is 3.73. The summed E-state index contributed by atoms with van der Waals surface area (Å²) in [5, 5.41) is 17.5. The van der Waals surface area contributed by atoms with Gasteiger partial charge in [-0.15, -0.1) is 0 Å². The Labute approximate surface area is 156 Å². The molecule has 0 aliphatic heterocycles. The van der Waals surface area contributed by atoms with Crippen LogP contribution in [0, 0.1) is 0 Å². The summed E-state index contributed by atoms with van der Waals surface area (Å²) < 4.78 is 3.67.